The smallest absolute Gasteiger partial charge is 0.200 e. The van der Waals surface area contributed by atoms with E-state index in [2.05, 4.69) is 13.8 Å². The second-order valence-corrected chi connectivity index (χ2v) is 14.4. The molecule has 0 saturated heterocycles. The third kappa shape index (κ3) is 14.8. The van der Waals surface area contributed by atoms with E-state index in [1.165, 1.54) is 48.5 Å². The molecule has 11 N–H and O–H groups in total. The maximum absolute atomic E-state index is 9.37. The highest BCUT2D eigenvalue weighted by Gasteiger charge is 2.22. The standard InChI is InChI=1S/C15H16O2.2C10H8O.C6H6O3.2C6H6O2/c1-15(2,11-3-7-13(16)8-4-11)12-5-9-14(17)10-6-12;11-10-7-3-5-8-4-1-2-6-9(8)10;11-10-6-5-8-3-1-2-4-9(8)7-10;7-4-2-1-3-5(8)6(4)9;7-5-2-1-3-6(8)4-5;7-5-3-1-2-4-6(5)8/h3-10,16-17H,1-2H3;2*1-7,11H;1-3,7-9H;2*1-4,7-8H. The van der Waals surface area contributed by atoms with Gasteiger partial charge in [0, 0.05) is 16.9 Å². The van der Waals surface area contributed by atoms with Crippen molar-refractivity contribution < 1.29 is 56.2 Å². The van der Waals surface area contributed by atoms with E-state index in [-0.39, 0.29) is 51.4 Å². The molecule has 9 aromatic rings. The predicted octanol–water partition coefficient (Wildman–Crippen LogP) is 11.5. The van der Waals surface area contributed by atoms with Crippen molar-refractivity contribution in [3.63, 3.8) is 0 Å². The average Bonchev–Trinajstić information content (AvgIpc) is 3.28. The molecule has 0 radical (unpaired) electrons. The minimum Gasteiger partial charge on any atom is -0.508 e. The van der Waals surface area contributed by atoms with Crippen molar-refractivity contribution in [2.75, 3.05) is 0 Å². The van der Waals surface area contributed by atoms with E-state index in [1.807, 2.05) is 91.0 Å². The molecule has 0 aliphatic rings. The van der Waals surface area contributed by atoms with Crippen molar-refractivity contribution in [1.82, 2.24) is 0 Å². The van der Waals surface area contributed by atoms with Gasteiger partial charge in [0.2, 0.25) is 0 Å². The Hall–Kier alpha value is -8.70. The summed E-state index contributed by atoms with van der Waals surface area (Å²) in [7, 11) is 0. The molecular formula is C53H50O11. The Bertz CT molecular complexity index is 2710. The van der Waals surface area contributed by atoms with Gasteiger partial charge in [-0.25, -0.2) is 0 Å². The topological polar surface area (TPSA) is 223 Å². The molecule has 9 aromatic carbocycles. The van der Waals surface area contributed by atoms with Crippen molar-refractivity contribution in [3.05, 3.63) is 211 Å². The number of aromatic hydroxyl groups is 11. The molecule has 0 amide bonds. The first-order chi connectivity index (χ1) is 30.5. The van der Waals surface area contributed by atoms with Gasteiger partial charge in [0.05, 0.1) is 0 Å². The number of benzene rings is 9. The summed E-state index contributed by atoms with van der Waals surface area (Å²) in [5.41, 5.74) is 2.10. The van der Waals surface area contributed by atoms with Crippen LogP contribution in [0.1, 0.15) is 25.0 Å². The second-order valence-electron chi connectivity index (χ2n) is 14.4. The minimum absolute atomic E-state index is 0.0764. The fraction of sp³-hybridized carbons (Fsp3) is 0.0566. The Morgan fingerprint density at radius 2 is 0.625 bits per heavy atom. The summed E-state index contributed by atoms with van der Waals surface area (Å²) in [6.45, 7) is 4.23. The summed E-state index contributed by atoms with van der Waals surface area (Å²) in [5.74, 6) is 0.148. The summed E-state index contributed by atoms with van der Waals surface area (Å²) in [4.78, 5) is 0. The lowest BCUT2D eigenvalue weighted by molar-refractivity contribution is 0.368. The zero-order chi connectivity index (χ0) is 46.6. The molecule has 0 saturated carbocycles. The zero-order valence-corrected chi connectivity index (χ0v) is 35.0. The van der Waals surface area contributed by atoms with Crippen molar-refractivity contribution in [2.24, 2.45) is 0 Å². The number of fused-ring (bicyclic) bond motifs is 2. The van der Waals surface area contributed by atoms with Crippen LogP contribution in [0.2, 0.25) is 0 Å². The fourth-order valence-electron chi connectivity index (χ4n) is 5.78. The van der Waals surface area contributed by atoms with E-state index in [4.69, 9.17) is 40.9 Å². The largest absolute Gasteiger partial charge is 0.508 e. The SMILES string of the molecule is CC(C)(c1ccc(O)cc1)c1ccc(O)cc1.Oc1ccc2ccccc2c1.Oc1cccc(O)c1.Oc1cccc(O)c1O.Oc1cccc2ccccc12.Oc1ccccc1O. The first-order valence-corrected chi connectivity index (χ1v) is 19.6. The maximum atomic E-state index is 9.37. The van der Waals surface area contributed by atoms with E-state index in [1.54, 1.807) is 60.7 Å². The molecule has 0 atom stereocenters. The molecule has 0 aliphatic carbocycles. The summed E-state index contributed by atoms with van der Waals surface area (Å²) < 4.78 is 0. The number of phenols is 11. The van der Waals surface area contributed by atoms with E-state index < -0.39 is 5.75 Å². The van der Waals surface area contributed by atoms with Gasteiger partial charge in [0.1, 0.15) is 34.5 Å². The average molecular weight is 863 g/mol. The van der Waals surface area contributed by atoms with Gasteiger partial charge in [0.15, 0.2) is 28.7 Å². The van der Waals surface area contributed by atoms with Crippen LogP contribution in [0.25, 0.3) is 21.5 Å². The Morgan fingerprint density at radius 1 is 0.266 bits per heavy atom. The lowest BCUT2D eigenvalue weighted by atomic mass is 9.78. The van der Waals surface area contributed by atoms with E-state index in [0.717, 1.165) is 32.7 Å². The van der Waals surface area contributed by atoms with Crippen LogP contribution in [0.15, 0.2) is 200 Å². The van der Waals surface area contributed by atoms with E-state index in [0.29, 0.717) is 11.5 Å². The molecule has 9 rings (SSSR count). The van der Waals surface area contributed by atoms with Crippen LogP contribution in [-0.4, -0.2) is 56.2 Å². The highest BCUT2D eigenvalue weighted by molar-refractivity contribution is 5.87. The van der Waals surface area contributed by atoms with Gasteiger partial charge in [-0.05, 0) is 106 Å². The summed E-state index contributed by atoms with van der Waals surface area (Å²) >= 11 is 0. The summed E-state index contributed by atoms with van der Waals surface area (Å²) in [5, 5.41) is 102. The van der Waals surface area contributed by atoms with Crippen molar-refractivity contribution in [2.45, 2.75) is 19.3 Å². The van der Waals surface area contributed by atoms with Crippen molar-refractivity contribution in [1.29, 1.82) is 0 Å². The Labute approximate surface area is 370 Å². The molecule has 0 aromatic heterocycles. The first-order valence-electron chi connectivity index (χ1n) is 19.6. The van der Waals surface area contributed by atoms with Crippen LogP contribution in [0.4, 0.5) is 0 Å². The van der Waals surface area contributed by atoms with E-state index in [9.17, 15) is 15.3 Å². The van der Waals surface area contributed by atoms with Gasteiger partial charge >= 0.3 is 0 Å². The zero-order valence-electron chi connectivity index (χ0n) is 35.0. The highest BCUT2D eigenvalue weighted by atomic mass is 16.3. The molecule has 328 valence electrons. The van der Waals surface area contributed by atoms with Crippen LogP contribution < -0.4 is 0 Å². The summed E-state index contributed by atoms with van der Waals surface area (Å²) in [6, 6.07) is 57.1. The molecule has 0 fully saturated rings. The lowest BCUT2D eigenvalue weighted by Crippen LogP contribution is -2.18. The molecule has 64 heavy (non-hydrogen) atoms. The predicted molar refractivity (Wildman–Crippen MR) is 251 cm³/mol. The number of hydrogen-bond acceptors (Lipinski definition) is 11. The van der Waals surface area contributed by atoms with Gasteiger partial charge in [0.25, 0.3) is 0 Å². The number of hydrogen-bond donors (Lipinski definition) is 11. The van der Waals surface area contributed by atoms with Crippen LogP contribution in [0, 0.1) is 0 Å². The molecule has 11 heteroatoms. The van der Waals surface area contributed by atoms with Crippen LogP contribution in [-0.2, 0) is 5.41 Å². The Kier molecular flexibility index (Phi) is 17.5. The lowest BCUT2D eigenvalue weighted by Gasteiger charge is -2.26. The van der Waals surface area contributed by atoms with Crippen LogP contribution >= 0.6 is 0 Å². The van der Waals surface area contributed by atoms with Crippen molar-refractivity contribution in [3.8, 4) is 63.2 Å². The molecule has 11 nitrogen and oxygen atoms in total. The first kappa shape index (κ1) is 48.0. The summed E-state index contributed by atoms with van der Waals surface area (Å²) in [6.07, 6.45) is 0. The van der Waals surface area contributed by atoms with Gasteiger partial charge in [-0.3, -0.25) is 0 Å². The third-order valence-corrected chi connectivity index (χ3v) is 9.38. The maximum Gasteiger partial charge on any atom is 0.200 e. The number of para-hydroxylation sites is 3. The number of phenolic OH excluding ortho intramolecular Hbond substituents is 11. The van der Waals surface area contributed by atoms with Gasteiger partial charge in [-0.1, -0.05) is 129 Å². The molecule has 0 unspecified atom stereocenters. The van der Waals surface area contributed by atoms with E-state index >= 15 is 0 Å². The minimum atomic E-state index is -0.475. The van der Waals surface area contributed by atoms with Crippen LogP contribution in [0.5, 0.6) is 63.2 Å². The Morgan fingerprint density at radius 3 is 1.08 bits per heavy atom. The monoisotopic (exact) mass is 862 g/mol. The third-order valence-electron chi connectivity index (χ3n) is 9.38. The number of rotatable bonds is 2. The van der Waals surface area contributed by atoms with Gasteiger partial charge in [-0.2, -0.15) is 0 Å². The molecular weight excluding hydrogens is 813 g/mol. The normalized spacial score (nSPS) is 10.1. The molecule has 0 bridgehead atoms. The van der Waals surface area contributed by atoms with Gasteiger partial charge in [-0.15, -0.1) is 0 Å². The molecule has 0 heterocycles. The molecule has 0 spiro atoms. The quantitative estimate of drug-likeness (QED) is 0.0734. The van der Waals surface area contributed by atoms with Crippen LogP contribution in [0.3, 0.4) is 0 Å². The van der Waals surface area contributed by atoms with Crippen molar-refractivity contribution >= 4 is 21.5 Å². The second kappa shape index (κ2) is 23.3. The Balaban J connectivity index is 0.000000172. The van der Waals surface area contributed by atoms with Gasteiger partial charge < -0.3 is 56.2 Å². The fourth-order valence-corrected chi connectivity index (χ4v) is 5.78. The molecule has 0 aliphatic heterocycles. The highest BCUT2D eigenvalue weighted by Crippen LogP contribution is 2.34.